The number of aryl methyl sites for hydroxylation is 2. The first-order chi connectivity index (χ1) is 12.0. The van der Waals surface area contributed by atoms with Gasteiger partial charge in [-0.2, -0.15) is 9.61 Å². The second-order valence-corrected chi connectivity index (χ2v) is 5.67. The van der Waals surface area contributed by atoms with Gasteiger partial charge in [0.15, 0.2) is 5.56 Å². The average Bonchev–Trinajstić information content (AvgIpc) is 2.94. The quantitative estimate of drug-likeness (QED) is 0.711. The summed E-state index contributed by atoms with van der Waals surface area (Å²) in [5.41, 5.74) is 2.60. The van der Waals surface area contributed by atoms with E-state index in [1.54, 1.807) is 6.92 Å². The number of hydrogen-bond donors (Lipinski definition) is 2. The number of rotatable bonds is 4. The molecule has 0 aliphatic rings. The van der Waals surface area contributed by atoms with Crippen LogP contribution in [0, 0.1) is 6.92 Å². The van der Waals surface area contributed by atoms with Crippen LogP contribution in [0.2, 0.25) is 0 Å². The van der Waals surface area contributed by atoms with E-state index in [1.807, 2.05) is 38.1 Å². The van der Waals surface area contributed by atoms with Gasteiger partial charge in [0.05, 0.1) is 12.3 Å². The van der Waals surface area contributed by atoms with Gasteiger partial charge < -0.3 is 14.8 Å². The Morgan fingerprint density at radius 1 is 1.28 bits per heavy atom. The molecule has 0 saturated carbocycles. The second-order valence-electron chi connectivity index (χ2n) is 5.67. The molecule has 0 radical (unpaired) electrons. The van der Waals surface area contributed by atoms with Crippen LogP contribution in [0.3, 0.4) is 0 Å². The summed E-state index contributed by atoms with van der Waals surface area (Å²) in [6.07, 6.45) is 0.598. The van der Waals surface area contributed by atoms with Gasteiger partial charge in [0, 0.05) is 5.56 Å². The van der Waals surface area contributed by atoms with E-state index in [0.717, 1.165) is 16.7 Å². The zero-order valence-electron chi connectivity index (χ0n) is 14.3. The van der Waals surface area contributed by atoms with Gasteiger partial charge in [0.25, 0.3) is 5.56 Å². The van der Waals surface area contributed by atoms with E-state index in [-0.39, 0.29) is 6.61 Å². The number of nitrogens with zero attached hydrogens (tertiary/aromatic N) is 2. The monoisotopic (exact) mass is 341 g/mol. The lowest BCUT2D eigenvalue weighted by Crippen LogP contribution is -2.22. The number of carbonyl (C=O) groups is 1. The van der Waals surface area contributed by atoms with Crippen LogP contribution in [-0.4, -0.2) is 32.3 Å². The van der Waals surface area contributed by atoms with Crippen molar-refractivity contribution in [2.75, 3.05) is 6.61 Å². The number of carbonyl (C=O) groups excluding carboxylic acids is 1. The second kappa shape index (κ2) is 6.43. The highest BCUT2D eigenvalue weighted by atomic mass is 16.5. The minimum absolute atomic E-state index is 0.101. The number of aromatic hydroxyl groups is 1. The Balaban J connectivity index is 2.31. The number of hydrogen-bond acceptors (Lipinski definition) is 5. The van der Waals surface area contributed by atoms with Crippen molar-refractivity contribution in [1.29, 1.82) is 0 Å². The molecule has 0 saturated heterocycles. The Morgan fingerprint density at radius 2 is 1.96 bits per heavy atom. The Hall–Kier alpha value is -3.09. The highest BCUT2D eigenvalue weighted by molar-refractivity contribution is 5.92. The van der Waals surface area contributed by atoms with Gasteiger partial charge in [-0.15, -0.1) is 0 Å². The van der Waals surface area contributed by atoms with Crippen LogP contribution in [0.5, 0.6) is 5.88 Å². The summed E-state index contributed by atoms with van der Waals surface area (Å²) in [7, 11) is 0. The van der Waals surface area contributed by atoms with Crippen molar-refractivity contribution in [3.63, 3.8) is 0 Å². The van der Waals surface area contributed by atoms with Crippen LogP contribution >= 0.6 is 0 Å². The predicted molar refractivity (Wildman–Crippen MR) is 93.0 cm³/mol. The molecule has 3 aromatic rings. The third-order valence-electron chi connectivity index (χ3n) is 4.00. The van der Waals surface area contributed by atoms with Crippen LogP contribution in [-0.2, 0) is 11.2 Å². The number of esters is 1. The third-order valence-corrected chi connectivity index (χ3v) is 4.00. The summed E-state index contributed by atoms with van der Waals surface area (Å²) < 4.78 is 6.02. The topological polar surface area (TPSA) is 96.7 Å². The molecule has 0 aliphatic carbocycles. The van der Waals surface area contributed by atoms with E-state index in [4.69, 9.17) is 4.74 Å². The highest BCUT2D eigenvalue weighted by Crippen LogP contribution is 2.30. The van der Waals surface area contributed by atoms with Crippen LogP contribution in [0.4, 0.5) is 0 Å². The summed E-state index contributed by atoms with van der Waals surface area (Å²) in [5.74, 6) is -1.40. The van der Waals surface area contributed by atoms with E-state index in [1.165, 1.54) is 4.52 Å². The van der Waals surface area contributed by atoms with E-state index >= 15 is 0 Å². The van der Waals surface area contributed by atoms with Crippen molar-refractivity contribution in [2.45, 2.75) is 27.2 Å². The van der Waals surface area contributed by atoms with Crippen molar-refractivity contribution < 1.29 is 14.6 Å². The Kier molecular flexibility index (Phi) is 4.31. The number of benzene rings is 1. The third kappa shape index (κ3) is 2.77. The fourth-order valence-electron chi connectivity index (χ4n) is 2.77. The summed E-state index contributed by atoms with van der Waals surface area (Å²) in [6.45, 7) is 5.64. The number of aromatic amines is 1. The number of fused-ring (bicyclic) bond motifs is 1. The molecular weight excluding hydrogens is 322 g/mol. The van der Waals surface area contributed by atoms with Gasteiger partial charge >= 0.3 is 5.97 Å². The molecule has 0 spiro atoms. The summed E-state index contributed by atoms with van der Waals surface area (Å²) in [5, 5.41) is 14.8. The molecule has 0 amide bonds. The zero-order chi connectivity index (χ0) is 18.1. The van der Waals surface area contributed by atoms with Crippen LogP contribution in [0.15, 0.2) is 29.1 Å². The molecule has 0 bridgehead atoms. The van der Waals surface area contributed by atoms with Gasteiger partial charge in [-0.1, -0.05) is 36.8 Å². The van der Waals surface area contributed by atoms with Crippen LogP contribution in [0.25, 0.3) is 16.8 Å². The van der Waals surface area contributed by atoms with E-state index in [0.29, 0.717) is 17.8 Å². The summed E-state index contributed by atoms with van der Waals surface area (Å²) >= 11 is 0. The Labute approximate surface area is 143 Å². The fraction of sp³-hybridized carbons (Fsp3) is 0.278. The standard InChI is InChI=1S/C18H19N3O4/c1-4-12-13(11-8-6-10(3)7-9-11)15-19-16(22)14(18(24)25-5-2)17(23)21(15)20-12/h6-9,23H,4-5H2,1-3H3,(H,19,22). The molecule has 0 atom stereocenters. The van der Waals surface area contributed by atoms with Crippen LogP contribution < -0.4 is 5.56 Å². The minimum atomic E-state index is -0.881. The first-order valence-electron chi connectivity index (χ1n) is 8.08. The van der Waals surface area contributed by atoms with Gasteiger partial charge in [0.2, 0.25) is 5.88 Å². The van der Waals surface area contributed by atoms with Crippen molar-refractivity contribution in [3.05, 3.63) is 51.4 Å². The molecule has 130 valence electrons. The summed E-state index contributed by atoms with van der Waals surface area (Å²) in [6, 6.07) is 7.78. The van der Waals surface area contributed by atoms with Gasteiger partial charge in [-0.05, 0) is 25.8 Å². The van der Waals surface area contributed by atoms with Gasteiger partial charge in [-0.25, -0.2) is 4.79 Å². The molecule has 2 N–H and O–H groups in total. The maximum Gasteiger partial charge on any atom is 0.349 e. The Morgan fingerprint density at radius 3 is 2.56 bits per heavy atom. The number of aromatic nitrogens is 3. The highest BCUT2D eigenvalue weighted by Gasteiger charge is 2.24. The van der Waals surface area contributed by atoms with Gasteiger partial charge in [0.1, 0.15) is 5.65 Å². The molecule has 7 heteroatoms. The molecule has 2 aromatic heterocycles. The van der Waals surface area contributed by atoms with Crippen molar-refractivity contribution in [3.8, 4) is 17.0 Å². The van der Waals surface area contributed by atoms with E-state index in [2.05, 4.69) is 10.1 Å². The zero-order valence-corrected chi connectivity index (χ0v) is 14.3. The maximum absolute atomic E-state index is 12.3. The van der Waals surface area contributed by atoms with Gasteiger partial charge in [-0.3, -0.25) is 4.79 Å². The summed E-state index contributed by atoms with van der Waals surface area (Å²) in [4.78, 5) is 27.0. The minimum Gasteiger partial charge on any atom is -0.492 e. The van der Waals surface area contributed by atoms with Crippen molar-refractivity contribution in [2.24, 2.45) is 0 Å². The molecule has 0 unspecified atom stereocenters. The molecule has 3 rings (SSSR count). The largest absolute Gasteiger partial charge is 0.492 e. The smallest absolute Gasteiger partial charge is 0.349 e. The average molecular weight is 341 g/mol. The SMILES string of the molecule is CCOC(=O)c1c(O)n2nc(CC)c(-c3ccc(C)cc3)c2[nH]c1=O. The number of nitrogens with one attached hydrogen (secondary N) is 1. The lowest BCUT2D eigenvalue weighted by atomic mass is 10.0. The van der Waals surface area contributed by atoms with E-state index in [9.17, 15) is 14.7 Å². The normalized spacial score (nSPS) is 11.0. The fourth-order valence-corrected chi connectivity index (χ4v) is 2.77. The van der Waals surface area contributed by atoms with Crippen molar-refractivity contribution >= 4 is 11.6 Å². The maximum atomic E-state index is 12.3. The molecule has 2 heterocycles. The van der Waals surface area contributed by atoms with Crippen molar-refractivity contribution in [1.82, 2.24) is 14.6 Å². The lowest BCUT2D eigenvalue weighted by molar-refractivity contribution is 0.0519. The molecule has 25 heavy (non-hydrogen) atoms. The first-order valence-corrected chi connectivity index (χ1v) is 8.08. The molecule has 7 nitrogen and oxygen atoms in total. The number of ether oxygens (including phenoxy) is 1. The van der Waals surface area contributed by atoms with E-state index < -0.39 is 23.0 Å². The predicted octanol–water partition coefficient (Wildman–Crippen LogP) is 2.44. The molecule has 1 aromatic carbocycles. The Bertz CT molecular complexity index is 1000. The first kappa shape index (κ1) is 16.8. The molecule has 0 aliphatic heterocycles. The molecular formula is C18H19N3O4. The number of H-pyrrole nitrogens is 1. The lowest BCUT2D eigenvalue weighted by Gasteiger charge is -2.06. The molecule has 0 fully saturated rings. The van der Waals surface area contributed by atoms with Crippen LogP contribution in [0.1, 0.15) is 35.5 Å².